The first-order valence-electron chi connectivity index (χ1n) is 10.8. The Bertz CT molecular complexity index is 1530. The lowest BCUT2D eigenvalue weighted by Crippen LogP contribution is -2.40. The molecule has 0 amide bonds. The Morgan fingerprint density at radius 3 is 2.00 bits per heavy atom. The molecule has 0 radical (unpaired) electrons. The van der Waals surface area contributed by atoms with E-state index in [0.717, 1.165) is 38.6 Å². The maximum atomic E-state index is 14.1. The second-order valence-electron chi connectivity index (χ2n) is 8.42. The fourth-order valence-electron chi connectivity index (χ4n) is 4.51. The van der Waals surface area contributed by atoms with Gasteiger partial charge in [-0.1, -0.05) is 30.3 Å². The maximum Gasteiger partial charge on any atom is 0.416 e. The molecular weight excluding hydrogens is 421 g/mol. The Morgan fingerprint density at radius 1 is 0.636 bits per heavy atom. The number of nitrogens with zero attached hydrogens (tertiary/aromatic N) is 2. The third-order valence-corrected chi connectivity index (χ3v) is 6.22. The predicted octanol–water partition coefficient (Wildman–Crippen LogP) is 6.49. The van der Waals surface area contributed by atoms with E-state index in [9.17, 15) is 13.2 Å². The Balaban J connectivity index is 1.87. The first kappa shape index (κ1) is 21.1. The Hall–Kier alpha value is -3.73. The van der Waals surface area contributed by atoms with Gasteiger partial charge < -0.3 is 0 Å². The quantitative estimate of drug-likeness (QED) is 0.275. The zero-order valence-corrected chi connectivity index (χ0v) is 18.6. The summed E-state index contributed by atoms with van der Waals surface area (Å²) in [6.07, 6.45) is -2.56. The molecule has 0 spiro atoms. The molecule has 5 aromatic rings. The Labute approximate surface area is 190 Å². The monoisotopic (exact) mass is 444 g/mol. The standard InChI is InChI=1S/C28H23F3N2/c1-18-12-13-21-8-6-7-11-25(21)33(18)27-16-24(28(29,30)31)15-26(20(27)3)32-17-23-10-5-4-9-22(23)14-19(32)2/h4-17H,1-3H3/q+2. The molecule has 33 heavy (non-hydrogen) atoms. The van der Waals surface area contributed by atoms with E-state index >= 15 is 0 Å². The van der Waals surface area contributed by atoms with Crippen LogP contribution in [0.5, 0.6) is 0 Å². The van der Waals surface area contributed by atoms with Crippen LogP contribution in [0.25, 0.3) is 33.1 Å². The minimum atomic E-state index is -4.47. The summed E-state index contributed by atoms with van der Waals surface area (Å²) in [7, 11) is 0. The van der Waals surface area contributed by atoms with Crippen LogP contribution in [0.2, 0.25) is 0 Å². The lowest BCUT2D eigenvalue weighted by atomic mass is 10.0. The van der Waals surface area contributed by atoms with Gasteiger partial charge in [-0.15, -0.1) is 0 Å². The highest BCUT2D eigenvalue weighted by molar-refractivity contribution is 5.81. The second kappa shape index (κ2) is 7.69. The molecule has 2 aromatic heterocycles. The summed E-state index contributed by atoms with van der Waals surface area (Å²) in [5.74, 6) is 0. The zero-order chi connectivity index (χ0) is 23.3. The number of aryl methyl sites for hydroxylation is 2. The SMILES string of the molecule is Cc1c(-[n+]2cc3ccccc3cc2C)cc(C(F)(F)F)cc1-[n+]1c(C)ccc2ccccc21. The van der Waals surface area contributed by atoms with Crippen molar-refractivity contribution in [2.24, 2.45) is 0 Å². The normalized spacial score (nSPS) is 11.9. The van der Waals surface area contributed by atoms with Gasteiger partial charge in [-0.05, 0) is 30.5 Å². The van der Waals surface area contributed by atoms with Crippen molar-refractivity contribution in [3.8, 4) is 11.4 Å². The molecular formula is C28H23F3N2+2. The molecule has 0 atom stereocenters. The van der Waals surface area contributed by atoms with Crippen molar-refractivity contribution in [3.05, 3.63) is 108 Å². The number of aromatic nitrogens is 2. The molecule has 5 heteroatoms. The van der Waals surface area contributed by atoms with E-state index in [4.69, 9.17) is 0 Å². The molecule has 0 saturated carbocycles. The molecule has 0 aliphatic heterocycles. The lowest BCUT2D eigenvalue weighted by Gasteiger charge is -2.13. The number of alkyl halides is 3. The molecule has 0 fully saturated rings. The van der Waals surface area contributed by atoms with Crippen LogP contribution in [-0.2, 0) is 6.18 Å². The zero-order valence-electron chi connectivity index (χ0n) is 18.6. The molecule has 0 N–H and O–H groups in total. The summed E-state index contributed by atoms with van der Waals surface area (Å²) in [6.45, 7) is 5.73. The minimum Gasteiger partial charge on any atom is -0.166 e. The summed E-state index contributed by atoms with van der Waals surface area (Å²) in [6, 6.07) is 24.1. The minimum absolute atomic E-state index is 0.517. The van der Waals surface area contributed by atoms with Crippen molar-refractivity contribution in [2.75, 3.05) is 0 Å². The van der Waals surface area contributed by atoms with E-state index in [1.165, 1.54) is 12.1 Å². The number of hydrogen-bond donors (Lipinski definition) is 0. The highest BCUT2D eigenvalue weighted by Gasteiger charge is 2.36. The van der Waals surface area contributed by atoms with Gasteiger partial charge in [-0.3, -0.25) is 0 Å². The largest absolute Gasteiger partial charge is 0.416 e. The van der Waals surface area contributed by atoms with Gasteiger partial charge in [-0.25, -0.2) is 0 Å². The van der Waals surface area contributed by atoms with Crippen molar-refractivity contribution in [2.45, 2.75) is 26.9 Å². The molecule has 164 valence electrons. The van der Waals surface area contributed by atoms with Crippen molar-refractivity contribution in [3.63, 3.8) is 0 Å². The molecule has 0 unspecified atom stereocenters. The van der Waals surface area contributed by atoms with E-state index in [0.29, 0.717) is 11.4 Å². The summed E-state index contributed by atoms with van der Waals surface area (Å²) in [4.78, 5) is 0. The molecule has 5 rings (SSSR count). The van der Waals surface area contributed by atoms with Gasteiger partial charge in [0.25, 0.3) is 0 Å². The van der Waals surface area contributed by atoms with Crippen LogP contribution in [0, 0.1) is 20.8 Å². The van der Waals surface area contributed by atoms with Crippen LogP contribution in [0.3, 0.4) is 0 Å². The summed E-state index contributed by atoms with van der Waals surface area (Å²) in [5, 5.41) is 2.99. The van der Waals surface area contributed by atoms with Crippen LogP contribution in [-0.4, -0.2) is 0 Å². The molecule has 2 nitrogen and oxygen atoms in total. The lowest BCUT2D eigenvalue weighted by molar-refractivity contribution is -0.604. The van der Waals surface area contributed by atoms with Gasteiger partial charge in [-0.2, -0.15) is 22.3 Å². The molecule has 2 heterocycles. The fraction of sp³-hybridized carbons (Fsp3) is 0.143. The third-order valence-electron chi connectivity index (χ3n) is 6.22. The Kier molecular flexibility index (Phi) is 4.93. The second-order valence-corrected chi connectivity index (χ2v) is 8.42. The number of fused-ring (bicyclic) bond motifs is 2. The topological polar surface area (TPSA) is 7.76 Å². The highest BCUT2D eigenvalue weighted by Crippen LogP contribution is 2.33. The van der Waals surface area contributed by atoms with E-state index in [1.54, 1.807) is 0 Å². The highest BCUT2D eigenvalue weighted by atomic mass is 19.4. The van der Waals surface area contributed by atoms with Crippen LogP contribution in [0.4, 0.5) is 13.2 Å². The summed E-state index contributed by atoms with van der Waals surface area (Å²) in [5.41, 5.74) is 3.74. The van der Waals surface area contributed by atoms with Crippen LogP contribution < -0.4 is 9.13 Å². The van der Waals surface area contributed by atoms with Crippen molar-refractivity contribution in [1.29, 1.82) is 0 Å². The van der Waals surface area contributed by atoms with Gasteiger partial charge >= 0.3 is 6.18 Å². The van der Waals surface area contributed by atoms with Gasteiger partial charge in [0.1, 0.15) is 0 Å². The first-order chi connectivity index (χ1) is 15.7. The van der Waals surface area contributed by atoms with Gasteiger partial charge in [0.2, 0.25) is 16.9 Å². The van der Waals surface area contributed by atoms with Crippen LogP contribution >= 0.6 is 0 Å². The van der Waals surface area contributed by atoms with E-state index in [-0.39, 0.29) is 0 Å². The number of hydrogen-bond acceptors (Lipinski definition) is 0. The average molecular weight is 445 g/mol. The van der Waals surface area contributed by atoms with E-state index in [2.05, 4.69) is 0 Å². The van der Waals surface area contributed by atoms with Gasteiger partial charge in [0, 0.05) is 55.0 Å². The fourth-order valence-corrected chi connectivity index (χ4v) is 4.51. The smallest absolute Gasteiger partial charge is 0.166 e. The number of halogens is 3. The third kappa shape index (κ3) is 3.63. The van der Waals surface area contributed by atoms with Crippen LogP contribution in [0.1, 0.15) is 22.5 Å². The van der Waals surface area contributed by atoms with Crippen molar-refractivity contribution in [1.82, 2.24) is 0 Å². The first-order valence-corrected chi connectivity index (χ1v) is 10.8. The molecule has 0 bridgehead atoms. The predicted molar refractivity (Wildman–Crippen MR) is 124 cm³/mol. The maximum absolute atomic E-state index is 14.1. The number of pyridine rings is 2. The molecule has 0 saturated heterocycles. The van der Waals surface area contributed by atoms with Crippen molar-refractivity contribution < 1.29 is 22.3 Å². The van der Waals surface area contributed by atoms with E-state index < -0.39 is 11.7 Å². The Morgan fingerprint density at radius 2 is 1.27 bits per heavy atom. The number of benzene rings is 3. The summed E-state index contributed by atoms with van der Waals surface area (Å²) < 4.78 is 46.0. The van der Waals surface area contributed by atoms with Crippen molar-refractivity contribution >= 4 is 21.7 Å². The summed E-state index contributed by atoms with van der Waals surface area (Å²) >= 11 is 0. The number of para-hydroxylation sites is 1. The molecule has 3 aromatic carbocycles. The average Bonchev–Trinajstić information content (AvgIpc) is 2.78. The van der Waals surface area contributed by atoms with E-state index in [1.807, 2.05) is 103 Å². The number of rotatable bonds is 2. The molecule has 0 aliphatic rings. The van der Waals surface area contributed by atoms with Gasteiger partial charge in [0.15, 0.2) is 17.6 Å². The molecule has 0 aliphatic carbocycles. The van der Waals surface area contributed by atoms with Gasteiger partial charge in [0.05, 0.1) is 11.1 Å². The van der Waals surface area contributed by atoms with Crippen LogP contribution in [0.15, 0.2) is 85.1 Å².